The van der Waals surface area contributed by atoms with E-state index in [1.54, 1.807) is 6.20 Å². The van der Waals surface area contributed by atoms with Crippen LogP contribution in [0.1, 0.15) is 11.8 Å². The zero-order valence-electron chi connectivity index (χ0n) is 20.6. The molecule has 0 spiro atoms. The van der Waals surface area contributed by atoms with Crippen molar-refractivity contribution in [2.45, 2.75) is 40.8 Å². The molecular weight excluding hydrogens is 586 g/mol. The first-order valence-electron chi connectivity index (χ1n) is 12.3. The fourth-order valence-corrected chi connectivity index (χ4v) is 6.69. The average Bonchev–Trinajstić information content (AvgIpc) is 3.63. The molecule has 3 aromatic heterocycles. The van der Waals surface area contributed by atoms with Crippen LogP contribution < -0.4 is 5.56 Å². The van der Waals surface area contributed by atoms with E-state index in [1.807, 2.05) is 30.3 Å². The minimum absolute atomic E-state index is 0.0491. The van der Waals surface area contributed by atoms with Crippen LogP contribution in [0.25, 0.3) is 28.2 Å². The predicted octanol–water partition coefficient (Wildman–Crippen LogP) is 4.27. The van der Waals surface area contributed by atoms with Crippen LogP contribution in [-0.4, -0.2) is 53.9 Å². The first-order chi connectivity index (χ1) is 19.7. The van der Waals surface area contributed by atoms with Gasteiger partial charge in [-0.05, 0) is 29.8 Å². The van der Waals surface area contributed by atoms with E-state index in [4.69, 9.17) is 13.8 Å². The smallest absolute Gasteiger partial charge is 0.386 e. The van der Waals surface area contributed by atoms with E-state index in [0.29, 0.717) is 10.6 Å². The number of aromatic amines is 1. The molecule has 2 saturated heterocycles. The summed E-state index contributed by atoms with van der Waals surface area (Å²) in [6.45, 7) is -0.0819. The fraction of sp³-hybridized carbons (Fsp3) is 0.240. The summed E-state index contributed by atoms with van der Waals surface area (Å²) < 4.78 is 70.3. The molecule has 5 heterocycles. The number of ether oxygens (including phenoxy) is 1. The van der Waals surface area contributed by atoms with Gasteiger partial charge in [0.15, 0.2) is 22.5 Å². The van der Waals surface area contributed by atoms with E-state index in [0.717, 1.165) is 29.5 Å². The molecule has 2 aliphatic rings. The molecule has 5 atom stereocenters. The molecule has 2 aromatic carbocycles. The molecule has 0 saturated carbocycles. The van der Waals surface area contributed by atoms with Crippen molar-refractivity contribution in [1.82, 2.24) is 23.9 Å². The summed E-state index contributed by atoms with van der Waals surface area (Å²) in [7, 11) is -2.83. The number of benzene rings is 2. The summed E-state index contributed by atoms with van der Waals surface area (Å²) in [6, 6.07) is 13.7. The molecule has 212 valence electrons. The number of hydrogen-bond acceptors (Lipinski definition) is 9. The number of aliphatic hydroxyl groups excluding tert-OH is 1. The van der Waals surface area contributed by atoms with Gasteiger partial charge in [0.05, 0.1) is 17.9 Å². The maximum atomic E-state index is 13.6. The SMILES string of the molecule is O=c1c2nc(Sc3ccc(C(F)(F)F)cc3)n([C@@H]3OC4CO[PH](=O)O[C@H]4[C@@H]3O)c2nc2[nH]c(-c3ccccc3)cn12. The highest BCUT2D eigenvalue weighted by molar-refractivity contribution is 7.99. The first kappa shape index (κ1) is 26.4. The van der Waals surface area contributed by atoms with Crippen LogP contribution >= 0.6 is 20.0 Å². The maximum Gasteiger partial charge on any atom is 0.416 e. The standard InChI is InChI=1S/C25H19F3N5O6PS/c26-25(27,28)13-6-8-14(9-7-13)41-24-30-17-20(33(24)22-18(34)19-16(38-22)11-37-40(36)39-19)31-23-29-15(10-32(23)21(17)35)12-4-2-1-3-5-12/h1-10,16,18-19,22,34,40H,11H2,(H,29,31)/t16?,18-,19+,22+/m0/s1. The van der Waals surface area contributed by atoms with E-state index < -0.39 is 50.1 Å². The van der Waals surface area contributed by atoms with E-state index in [-0.39, 0.29) is 28.7 Å². The number of imidazole rings is 2. The second kappa shape index (κ2) is 9.82. The lowest BCUT2D eigenvalue weighted by Crippen LogP contribution is -2.37. The lowest BCUT2D eigenvalue weighted by atomic mass is 10.1. The van der Waals surface area contributed by atoms with Crippen molar-refractivity contribution in [3.8, 4) is 11.3 Å². The highest BCUT2D eigenvalue weighted by Gasteiger charge is 2.50. The van der Waals surface area contributed by atoms with Gasteiger partial charge in [0.1, 0.15) is 18.3 Å². The third-order valence-corrected chi connectivity index (χ3v) is 8.70. The van der Waals surface area contributed by atoms with Crippen LogP contribution in [0.4, 0.5) is 13.2 Å². The predicted molar refractivity (Wildman–Crippen MR) is 140 cm³/mol. The summed E-state index contributed by atoms with van der Waals surface area (Å²) in [5.41, 5.74) is 0.153. The zero-order chi connectivity index (χ0) is 28.5. The number of halogens is 3. The number of nitrogens with zero attached hydrogens (tertiary/aromatic N) is 4. The Hall–Kier alpha value is -3.46. The Kier molecular flexibility index (Phi) is 6.34. The van der Waals surface area contributed by atoms with Crippen LogP contribution in [0.15, 0.2) is 75.6 Å². The molecular formula is C25H19F3N5O6PS. The Labute approximate surface area is 232 Å². The Morgan fingerprint density at radius 3 is 2.59 bits per heavy atom. The van der Waals surface area contributed by atoms with Gasteiger partial charge in [-0.1, -0.05) is 42.1 Å². The second-order valence-electron chi connectivity index (χ2n) is 9.40. The van der Waals surface area contributed by atoms with Crippen LogP contribution in [-0.2, 0) is 24.5 Å². The van der Waals surface area contributed by atoms with Gasteiger partial charge in [-0.3, -0.25) is 13.9 Å². The number of hydrogen-bond donors (Lipinski definition) is 2. The fourth-order valence-electron chi connectivity index (χ4n) is 4.90. The molecule has 5 aromatic rings. The van der Waals surface area contributed by atoms with Crippen LogP contribution in [0.5, 0.6) is 0 Å². The summed E-state index contributed by atoms with van der Waals surface area (Å²) in [4.78, 5) is 26.2. The van der Waals surface area contributed by atoms with E-state index in [9.17, 15) is 27.6 Å². The van der Waals surface area contributed by atoms with Crippen molar-refractivity contribution >= 4 is 37.0 Å². The minimum Gasteiger partial charge on any atom is -0.386 e. The molecule has 0 aliphatic carbocycles. The van der Waals surface area contributed by atoms with E-state index in [1.165, 1.54) is 21.1 Å². The van der Waals surface area contributed by atoms with Gasteiger partial charge in [-0.25, -0.2) is 9.38 Å². The van der Waals surface area contributed by atoms with Crippen LogP contribution in [0.2, 0.25) is 0 Å². The van der Waals surface area contributed by atoms with Gasteiger partial charge >= 0.3 is 14.4 Å². The zero-order valence-corrected chi connectivity index (χ0v) is 22.4. The molecule has 2 unspecified atom stereocenters. The second-order valence-corrected chi connectivity index (χ2v) is 11.5. The third kappa shape index (κ3) is 4.58. The van der Waals surface area contributed by atoms with Crippen molar-refractivity contribution in [1.29, 1.82) is 0 Å². The summed E-state index contributed by atoms with van der Waals surface area (Å²) >= 11 is 0.967. The molecule has 16 heteroatoms. The molecule has 0 bridgehead atoms. The van der Waals surface area contributed by atoms with Crippen LogP contribution in [0.3, 0.4) is 0 Å². The minimum atomic E-state index is -4.50. The number of rotatable bonds is 4. The Morgan fingerprint density at radius 2 is 1.85 bits per heavy atom. The Balaban J connectivity index is 1.37. The summed E-state index contributed by atoms with van der Waals surface area (Å²) in [5.74, 6) is 0.197. The van der Waals surface area contributed by atoms with Crippen LogP contribution in [0, 0.1) is 0 Å². The monoisotopic (exact) mass is 605 g/mol. The van der Waals surface area contributed by atoms with Crippen molar-refractivity contribution in [2.75, 3.05) is 6.61 Å². The van der Waals surface area contributed by atoms with E-state index in [2.05, 4.69) is 15.0 Å². The molecule has 2 fully saturated rings. The Bertz CT molecular complexity index is 1860. The number of aliphatic hydroxyl groups is 1. The third-order valence-electron chi connectivity index (χ3n) is 6.86. The number of aromatic nitrogens is 5. The molecule has 2 aliphatic heterocycles. The first-order valence-corrected chi connectivity index (χ1v) is 14.3. The molecule has 0 radical (unpaired) electrons. The molecule has 7 rings (SSSR count). The van der Waals surface area contributed by atoms with Gasteiger partial charge in [0, 0.05) is 11.1 Å². The quantitative estimate of drug-likeness (QED) is 0.288. The number of fused-ring (bicyclic) bond motifs is 3. The van der Waals surface area contributed by atoms with Crippen molar-refractivity contribution in [3.63, 3.8) is 0 Å². The van der Waals surface area contributed by atoms with Gasteiger partial charge in [0.2, 0.25) is 5.78 Å². The van der Waals surface area contributed by atoms with Gasteiger partial charge in [-0.2, -0.15) is 18.2 Å². The summed E-state index contributed by atoms with van der Waals surface area (Å²) in [5, 5.41) is 11.3. The molecule has 11 nitrogen and oxygen atoms in total. The van der Waals surface area contributed by atoms with Crippen molar-refractivity contribution in [3.05, 3.63) is 76.7 Å². The lowest BCUT2D eigenvalue weighted by molar-refractivity contribution is -0.137. The maximum absolute atomic E-state index is 13.6. The van der Waals surface area contributed by atoms with Gasteiger partial charge in [0.25, 0.3) is 5.56 Å². The van der Waals surface area contributed by atoms with Gasteiger partial charge < -0.3 is 23.9 Å². The van der Waals surface area contributed by atoms with Crippen molar-refractivity contribution in [2.24, 2.45) is 0 Å². The average molecular weight is 605 g/mol. The number of H-pyrrole nitrogens is 1. The number of nitrogens with one attached hydrogen (secondary N) is 1. The van der Waals surface area contributed by atoms with Gasteiger partial charge in [-0.15, -0.1) is 0 Å². The molecule has 0 amide bonds. The van der Waals surface area contributed by atoms with Crippen molar-refractivity contribution < 1.29 is 36.6 Å². The normalized spacial score (nSPS) is 24.7. The highest BCUT2D eigenvalue weighted by Crippen LogP contribution is 2.45. The Morgan fingerprint density at radius 1 is 1.10 bits per heavy atom. The summed E-state index contributed by atoms with van der Waals surface area (Å²) in [6.07, 6.45) is -7.16. The van der Waals surface area contributed by atoms with E-state index >= 15 is 0 Å². The lowest BCUT2D eigenvalue weighted by Gasteiger charge is -2.24. The topological polar surface area (TPSA) is 133 Å². The largest absolute Gasteiger partial charge is 0.416 e. The molecule has 2 N–H and O–H groups in total. The highest BCUT2D eigenvalue weighted by atomic mass is 32.2. The number of alkyl halides is 3. The molecule has 41 heavy (non-hydrogen) atoms.